The van der Waals surface area contributed by atoms with Crippen molar-refractivity contribution in [1.29, 1.82) is 0 Å². The predicted molar refractivity (Wildman–Crippen MR) is 145 cm³/mol. The summed E-state index contributed by atoms with van der Waals surface area (Å²) in [5.74, 6) is 1.56. The van der Waals surface area contributed by atoms with E-state index < -0.39 is 0 Å². The van der Waals surface area contributed by atoms with Gasteiger partial charge in [0.1, 0.15) is 0 Å². The van der Waals surface area contributed by atoms with E-state index in [9.17, 15) is 4.79 Å². The number of amides is 1. The largest absolute Gasteiger partial charge is 0.352 e. The summed E-state index contributed by atoms with van der Waals surface area (Å²) in [6.07, 6.45) is 5.93. The van der Waals surface area contributed by atoms with Crippen molar-refractivity contribution in [3.8, 4) is 0 Å². The van der Waals surface area contributed by atoms with E-state index in [-0.39, 0.29) is 17.5 Å². The summed E-state index contributed by atoms with van der Waals surface area (Å²) in [5.41, 5.74) is 3.02. The summed E-state index contributed by atoms with van der Waals surface area (Å²) < 4.78 is 0. The maximum Gasteiger partial charge on any atom is 0.234 e. The van der Waals surface area contributed by atoms with Gasteiger partial charge in [-0.2, -0.15) is 0 Å². The Morgan fingerprint density at radius 3 is 1.92 bits per heavy atom. The Bertz CT molecular complexity index is 964. The van der Waals surface area contributed by atoms with Crippen molar-refractivity contribution in [2.24, 2.45) is 5.92 Å². The molecule has 0 spiro atoms. The fourth-order valence-corrected chi connectivity index (χ4v) is 8.02. The fraction of sp³-hybridized carbons (Fsp3) is 0.581. The zero-order valence-corrected chi connectivity index (χ0v) is 21.8. The number of hydrogen-bond acceptors (Lipinski definition) is 4. The number of piperazine rings is 1. The Morgan fingerprint density at radius 1 is 0.806 bits per heavy atom. The zero-order valence-electron chi connectivity index (χ0n) is 21.8. The standard InChI is InChI=1S/C31H42N4O/c1-33-16-18-35(19-17-33)31-20-26(24-10-4-2-5-11-24)30(27(21-31)25-12-6-3-7-13-25)28(22-31)32-29(36)23-34-14-8-9-15-34/h2-7,10-13,26-28,30H,8-9,14-23H2,1H3,(H,32,36). The molecule has 2 bridgehead atoms. The van der Waals surface area contributed by atoms with Crippen LogP contribution in [-0.2, 0) is 4.79 Å². The topological polar surface area (TPSA) is 38.8 Å². The molecule has 5 aliphatic rings. The van der Waals surface area contributed by atoms with Crippen LogP contribution in [0.3, 0.4) is 0 Å². The Morgan fingerprint density at radius 2 is 1.36 bits per heavy atom. The van der Waals surface area contributed by atoms with Crippen molar-refractivity contribution >= 4 is 5.91 Å². The number of nitrogens with one attached hydrogen (secondary N) is 1. The lowest BCUT2D eigenvalue weighted by atomic mass is 9.51. The van der Waals surface area contributed by atoms with Crippen molar-refractivity contribution in [2.75, 3.05) is 52.9 Å². The van der Waals surface area contributed by atoms with Crippen molar-refractivity contribution in [3.05, 3.63) is 71.8 Å². The van der Waals surface area contributed by atoms with Gasteiger partial charge in [-0.15, -0.1) is 0 Å². The lowest BCUT2D eigenvalue weighted by Crippen LogP contribution is -2.68. The van der Waals surface area contributed by atoms with E-state index in [2.05, 4.69) is 87.7 Å². The molecule has 2 aliphatic heterocycles. The SMILES string of the molecule is CN1CCN(C23CC(NC(=O)CN4CCCC4)C(C(c4ccccc4)C2)C(c2ccccc2)C3)CC1. The second-order valence-electron chi connectivity index (χ2n) is 11.9. The molecule has 192 valence electrons. The van der Waals surface area contributed by atoms with Gasteiger partial charge in [-0.1, -0.05) is 60.7 Å². The van der Waals surface area contributed by atoms with Crippen molar-refractivity contribution in [1.82, 2.24) is 20.0 Å². The first-order valence-corrected chi connectivity index (χ1v) is 14.2. The third kappa shape index (κ3) is 4.73. The third-order valence-electron chi connectivity index (χ3n) is 9.74. The first kappa shape index (κ1) is 24.1. The molecule has 2 aromatic rings. The lowest BCUT2D eigenvalue weighted by molar-refractivity contribution is -0.126. The molecule has 5 fully saturated rings. The minimum Gasteiger partial charge on any atom is -0.352 e. The fourth-order valence-electron chi connectivity index (χ4n) is 8.02. The van der Waals surface area contributed by atoms with Crippen LogP contribution in [0.15, 0.2) is 60.7 Å². The molecule has 36 heavy (non-hydrogen) atoms. The second-order valence-corrected chi connectivity index (χ2v) is 11.9. The van der Waals surface area contributed by atoms with E-state index >= 15 is 0 Å². The normalized spacial score (nSPS) is 33.6. The highest BCUT2D eigenvalue weighted by Crippen LogP contribution is 2.59. The molecular formula is C31H42N4O. The van der Waals surface area contributed by atoms with E-state index in [0.29, 0.717) is 24.3 Å². The zero-order chi connectivity index (χ0) is 24.5. The molecule has 1 N–H and O–H groups in total. The van der Waals surface area contributed by atoms with E-state index in [1.807, 2.05) is 0 Å². The summed E-state index contributed by atoms with van der Waals surface area (Å²) in [6, 6.07) is 22.5. The first-order valence-electron chi connectivity index (χ1n) is 14.2. The number of fused-ring (bicyclic) bond motifs is 3. The molecule has 5 nitrogen and oxygen atoms in total. The van der Waals surface area contributed by atoms with Gasteiger partial charge in [-0.05, 0) is 81.1 Å². The molecule has 0 aromatic heterocycles. The monoisotopic (exact) mass is 486 g/mol. The molecule has 5 heteroatoms. The second kappa shape index (κ2) is 10.3. The third-order valence-corrected chi connectivity index (χ3v) is 9.74. The van der Waals surface area contributed by atoms with E-state index in [1.165, 1.54) is 36.8 Å². The van der Waals surface area contributed by atoms with Gasteiger partial charge in [0.25, 0.3) is 0 Å². The number of hydrogen-bond donors (Lipinski definition) is 1. The predicted octanol–water partition coefficient (Wildman–Crippen LogP) is 3.93. The summed E-state index contributed by atoms with van der Waals surface area (Å²) in [5, 5.41) is 3.63. The van der Waals surface area contributed by atoms with Gasteiger partial charge >= 0.3 is 0 Å². The van der Waals surface area contributed by atoms with Crippen LogP contribution in [-0.4, -0.2) is 85.0 Å². The maximum atomic E-state index is 13.4. The summed E-state index contributed by atoms with van der Waals surface area (Å²) in [6.45, 7) is 7.18. The van der Waals surface area contributed by atoms with Crippen LogP contribution in [0.25, 0.3) is 0 Å². The number of likely N-dealkylation sites (tertiary alicyclic amines) is 1. The Labute approximate surface area is 216 Å². The lowest BCUT2D eigenvalue weighted by Gasteiger charge is -2.63. The first-order chi connectivity index (χ1) is 17.6. The quantitative estimate of drug-likeness (QED) is 0.672. The molecule has 3 aliphatic carbocycles. The van der Waals surface area contributed by atoms with E-state index in [1.54, 1.807) is 0 Å². The molecule has 0 radical (unpaired) electrons. The highest BCUT2D eigenvalue weighted by atomic mass is 16.2. The number of carbonyl (C=O) groups excluding carboxylic acids is 1. The van der Waals surface area contributed by atoms with Crippen LogP contribution in [0, 0.1) is 5.92 Å². The van der Waals surface area contributed by atoms with Crippen molar-refractivity contribution in [2.45, 2.75) is 55.5 Å². The summed E-state index contributed by atoms with van der Waals surface area (Å²) in [4.78, 5) is 21.0. The van der Waals surface area contributed by atoms with Crippen LogP contribution < -0.4 is 5.32 Å². The van der Waals surface area contributed by atoms with Gasteiger partial charge < -0.3 is 10.2 Å². The van der Waals surface area contributed by atoms with Gasteiger partial charge in [0, 0.05) is 37.8 Å². The van der Waals surface area contributed by atoms with Gasteiger partial charge in [-0.25, -0.2) is 0 Å². The summed E-state index contributed by atoms with van der Waals surface area (Å²) in [7, 11) is 2.24. The summed E-state index contributed by atoms with van der Waals surface area (Å²) >= 11 is 0. The molecule has 1 amide bonds. The number of rotatable bonds is 6. The van der Waals surface area contributed by atoms with Gasteiger partial charge in [-0.3, -0.25) is 14.6 Å². The number of benzene rings is 2. The number of likely N-dealkylation sites (N-methyl/N-ethyl adjacent to an activating group) is 1. The average molecular weight is 487 g/mol. The minimum absolute atomic E-state index is 0.128. The Kier molecular flexibility index (Phi) is 6.89. The smallest absolute Gasteiger partial charge is 0.234 e. The molecular weight excluding hydrogens is 444 g/mol. The van der Waals surface area contributed by atoms with Crippen LogP contribution in [0.5, 0.6) is 0 Å². The molecule has 3 unspecified atom stereocenters. The average Bonchev–Trinajstić information content (AvgIpc) is 3.43. The number of nitrogens with zero attached hydrogens (tertiary/aromatic N) is 3. The van der Waals surface area contributed by atoms with Crippen LogP contribution in [0.1, 0.15) is 55.1 Å². The molecule has 2 heterocycles. The molecule has 7 rings (SSSR count). The van der Waals surface area contributed by atoms with Gasteiger partial charge in [0.2, 0.25) is 5.91 Å². The van der Waals surface area contributed by atoms with E-state index in [0.717, 1.165) is 45.7 Å². The van der Waals surface area contributed by atoms with E-state index in [4.69, 9.17) is 0 Å². The Balaban J connectivity index is 1.37. The maximum absolute atomic E-state index is 13.4. The molecule has 3 atom stereocenters. The highest BCUT2D eigenvalue weighted by Gasteiger charge is 2.58. The Hall–Kier alpha value is -2.21. The minimum atomic E-state index is 0.128. The van der Waals surface area contributed by atoms with Gasteiger partial charge in [0.05, 0.1) is 6.54 Å². The molecule has 2 aromatic carbocycles. The van der Waals surface area contributed by atoms with Crippen LogP contribution >= 0.6 is 0 Å². The van der Waals surface area contributed by atoms with Gasteiger partial charge in [0.15, 0.2) is 0 Å². The molecule has 3 saturated carbocycles. The highest BCUT2D eigenvalue weighted by molar-refractivity contribution is 5.78. The van der Waals surface area contributed by atoms with Crippen molar-refractivity contribution < 1.29 is 4.79 Å². The van der Waals surface area contributed by atoms with Crippen LogP contribution in [0.2, 0.25) is 0 Å². The molecule has 2 saturated heterocycles. The van der Waals surface area contributed by atoms with Crippen molar-refractivity contribution in [3.63, 3.8) is 0 Å². The number of carbonyl (C=O) groups is 1. The van der Waals surface area contributed by atoms with Crippen LogP contribution in [0.4, 0.5) is 0 Å².